The second-order valence-electron chi connectivity index (χ2n) is 11.3. The van der Waals surface area contributed by atoms with Crippen molar-refractivity contribution in [3.8, 4) is 11.5 Å². The van der Waals surface area contributed by atoms with Crippen LogP contribution in [0, 0.1) is 0 Å². The van der Waals surface area contributed by atoms with Gasteiger partial charge in [-0.2, -0.15) is 0 Å². The van der Waals surface area contributed by atoms with Gasteiger partial charge in [-0.1, -0.05) is 19.6 Å². The van der Waals surface area contributed by atoms with Gasteiger partial charge in [-0.3, -0.25) is 9.59 Å². The summed E-state index contributed by atoms with van der Waals surface area (Å²) in [4.78, 5) is 26.9. The van der Waals surface area contributed by atoms with Gasteiger partial charge < -0.3 is 28.6 Å². The number of anilines is 1. The Balaban J connectivity index is 3.13. The lowest BCUT2D eigenvalue weighted by Gasteiger charge is -2.29. The summed E-state index contributed by atoms with van der Waals surface area (Å²) < 4.78 is 27.9. The van der Waals surface area contributed by atoms with Crippen molar-refractivity contribution in [1.29, 1.82) is 0 Å². The standard InChI is InChI=1S/C25H43NO7Si/c1-24(2,3)32-22(27)16-26(17-23(28)33-25(4,5)6)20-12-11-19(29-7)15-21(20)31-18-30-13-14-34(8,9)10/h11-12,15H,13-14,16-18H2,1-10H3. The molecule has 0 radical (unpaired) electrons. The summed E-state index contributed by atoms with van der Waals surface area (Å²) in [5, 5.41) is 0. The SMILES string of the molecule is COc1ccc(N(CC(=O)OC(C)(C)C)CC(=O)OC(C)(C)C)c(OCOCC[Si](C)(C)C)c1. The van der Waals surface area contributed by atoms with Gasteiger partial charge in [0.1, 0.15) is 35.8 Å². The molecular formula is C25H43NO7Si. The van der Waals surface area contributed by atoms with E-state index < -0.39 is 31.2 Å². The maximum Gasteiger partial charge on any atom is 0.326 e. The first-order valence-corrected chi connectivity index (χ1v) is 15.3. The number of ether oxygens (including phenoxy) is 5. The summed E-state index contributed by atoms with van der Waals surface area (Å²) in [7, 11) is 0.340. The molecule has 0 saturated heterocycles. The van der Waals surface area contributed by atoms with E-state index >= 15 is 0 Å². The molecule has 0 bridgehead atoms. The summed E-state index contributed by atoms with van der Waals surface area (Å²) in [5.74, 6) is 0.0724. The zero-order valence-corrected chi connectivity index (χ0v) is 23.6. The number of esters is 2. The first-order chi connectivity index (χ1) is 15.5. The predicted octanol–water partition coefficient (Wildman–Crippen LogP) is 4.88. The van der Waals surface area contributed by atoms with E-state index in [1.807, 2.05) is 0 Å². The highest BCUT2D eigenvalue weighted by molar-refractivity contribution is 6.76. The van der Waals surface area contributed by atoms with E-state index in [0.29, 0.717) is 23.8 Å². The van der Waals surface area contributed by atoms with Gasteiger partial charge in [0.2, 0.25) is 0 Å². The third-order valence-electron chi connectivity index (χ3n) is 4.28. The molecule has 8 nitrogen and oxygen atoms in total. The molecule has 0 unspecified atom stereocenters. The number of nitrogens with zero attached hydrogens (tertiary/aromatic N) is 1. The van der Waals surface area contributed by atoms with E-state index in [1.165, 1.54) is 0 Å². The Morgan fingerprint density at radius 3 is 1.88 bits per heavy atom. The molecule has 0 aliphatic carbocycles. The quantitative estimate of drug-likeness (QED) is 0.175. The summed E-state index contributed by atoms with van der Waals surface area (Å²) in [6, 6.07) is 6.20. The molecule has 0 atom stereocenters. The van der Waals surface area contributed by atoms with Crippen LogP contribution in [0.25, 0.3) is 0 Å². The number of hydrogen-bond acceptors (Lipinski definition) is 8. The predicted molar refractivity (Wildman–Crippen MR) is 136 cm³/mol. The van der Waals surface area contributed by atoms with Crippen LogP contribution in [0.15, 0.2) is 18.2 Å². The number of carbonyl (C=O) groups excluding carboxylic acids is 2. The molecule has 194 valence electrons. The Morgan fingerprint density at radius 1 is 0.912 bits per heavy atom. The molecule has 0 saturated carbocycles. The van der Waals surface area contributed by atoms with Crippen LogP contribution in [0.5, 0.6) is 11.5 Å². The number of carbonyl (C=O) groups is 2. The fourth-order valence-electron chi connectivity index (χ4n) is 2.83. The minimum absolute atomic E-state index is 0.0391. The third kappa shape index (κ3) is 12.8. The zero-order chi connectivity index (χ0) is 26.2. The van der Waals surface area contributed by atoms with Crippen molar-refractivity contribution >= 4 is 25.7 Å². The Bertz CT molecular complexity index is 777. The van der Waals surface area contributed by atoms with Crippen LogP contribution in [0.1, 0.15) is 41.5 Å². The zero-order valence-electron chi connectivity index (χ0n) is 22.6. The summed E-state index contributed by atoms with van der Waals surface area (Å²) in [6.07, 6.45) is 0. The van der Waals surface area contributed by atoms with Crippen LogP contribution in [0.2, 0.25) is 25.7 Å². The summed E-state index contributed by atoms with van der Waals surface area (Å²) in [5.41, 5.74) is -0.776. The minimum Gasteiger partial charge on any atom is -0.497 e. The van der Waals surface area contributed by atoms with E-state index in [4.69, 9.17) is 23.7 Å². The molecule has 0 N–H and O–H groups in total. The van der Waals surface area contributed by atoms with Crippen molar-refractivity contribution in [2.24, 2.45) is 0 Å². The lowest BCUT2D eigenvalue weighted by Crippen LogP contribution is -2.40. The summed E-state index contributed by atoms with van der Waals surface area (Å²) >= 11 is 0. The second kappa shape index (κ2) is 12.4. The van der Waals surface area contributed by atoms with E-state index in [2.05, 4.69) is 19.6 Å². The molecular weight excluding hydrogens is 454 g/mol. The van der Waals surface area contributed by atoms with Crippen molar-refractivity contribution in [3.05, 3.63) is 18.2 Å². The van der Waals surface area contributed by atoms with Crippen LogP contribution in [0.3, 0.4) is 0 Å². The van der Waals surface area contributed by atoms with Crippen molar-refractivity contribution in [3.63, 3.8) is 0 Å². The van der Waals surface area contributed by atoms with Crippen LogP contribution < -0.4 is 14.4 Å². The molecule has 0 aliphatic rings. The van der Waals surface area contributed by atoms with Crippen molar-refractivity contribution in [2.75, 3.05) is 38.5 Å². The highest BCUT2D eigenvalue weighted by Crippen LogP contribution is 2.33. The van der Waals surface area contributed by atoms with E-state index in [0.717, 1.165) is 6.04 Å². The largest absolute Gasteiger partial charge is 0.497 e. The molecule has 0 heterocycles. The first kappa shape index (κ1) is 29.8. The lowest BCUT2D eigenvalue weighted by molar-refractivity contribution is -0.154. The molecule has 0 fully saturated rings. The van der Waals surface area contributed by atoms with Crippen LogP contribution in [-0.4, -0.2) is 64.8 Å². The van der Waals surface area contributed by atoms with Gasteiger partial charge in [-0.25, -0.2) is 0 Å². The highest BCUT2D eigenvalue weighted by Gasteiger charge is 2.26. The fraction of sp³-hybridized carbons (Fsp3) is 0.680. The molecule has 0 aliphatic heterocycles. The summed E-state index contributed by atoms with van der Waals surface area (Å²) in [6.45, 7) is 17.9. The molecule has 0 amide bonds. The van der Waals surface area contributed by atoms with Gasteiger partial charge >= 0.3 is 11.9 Å². The maximum atomic E-state index is 12.6. The smallest absolute Gasteiger partial charge is 0.326 e. The molecule has 1 aromatic rings. The Hall–Kier alpha value is -2.26. The van der Waals surface area contributed by atoms with Gasteiger partial charge in [0, 0.05) is 20.7 Å². The normalized spacial score (nSPS) is 12.2. The molecule has 34 heavy (non-hydrogen) atoms. The third-order valence-corrected chi connectivity index (χ3v) is 5.99. The van der Waals surface area contributed by atoms with Crippen LogP contribution in [0.4, 0.5) is 5.69 Å². The number of rotatable bonds is 12. The fourth-order valence-corrected chi connectivity index (χ4v) is 3.58. The van der Waals surface area contributed by atoms with Crippen molar-refractivity contribution < 1.29 is 33.3 Å². The molecule has 1 rings (SSSR count). The molecule has 9 heteroatoms. The van der Waals surface area contributed by atoms with E-state index in [1.54, 1.807) is 71.8 Å². The van der Waals surface area contributed by atoms with Gasteiger partial charge in [0.25, 0.3) is 0 Å². The maximum absolute atomic E-state index is 12.6. The topological polar surface area (TPSA) is 83.5 Å². The van der Waals surface area contributed by atoms with Gasteiger partial charge in [0.15, 0.2) is 6.79 Å². The van der Waals surface area contributed by atoms with Crippen molar-refractivity contribution in [2.45, 2.75) is 78.4 Å². The van der Waals surface area contributed by atoms with Crippen molar-refractivity contribution in [1.82, 2.24) is 0 Å². The van der Waals surface area contributed by atoms with E-state index in [-0.39, 0.29) is 19.9 Å². The lowest BCUT2D eigenvalue weighted by atomic mass is 10.2. The van der Waals surface area contributed by atoms with Crippen LogP contribution in [-0.2, 0) is 23.8 Å². The Morgan fingerprint density at radius 2 is 1.44 bits per heavy atom. The number of benzene rings is 1. The molecule has 0 aromatic heterocycles. The first-order valence-electron chi connectivity index (χ1n) is 11.6. The average molecular weight is 498 g/mol. The highest BCUT2D eigenvalue weighted by atomic mass is 28.3. The molecule has 0 spiro atoms. The minimum atomic E-state index is -1.22. The Kier molecular flexibility index (Phi) is 10.9. The van der Waals surface area contributed by atoms with E-state index in [9.17, 15) is 9.59 Å². The molecule has 1 aromatic carbocycles. The van der Waals surface area contributed by atoms with Crippen LogP contribution >= 0.6 is 0 Å². The second-order valence-corrected chi connectivity index (χ2v) is 17.0. The average Bonchev–Trinajstić information content (AvgIpc) is 2.63. The monoisotopic (exact) mass is 497 g/mol. The van der Waals surface area contributed by atoms with Gasteiger partial charge in [-0.05, 0) is 59.7 Å². The van der Waals surface area contributed by atoms with Gasteiger partial charge in [0.05, 0.1) is 12.8 Å². The van der Waals surface area contributed by atoms with Gasteiger partial charge in [-0.15, -0.1) is 0 Å². The number of hydrogen-bond donors (Lipinski definition) is 0. The Labute approximate surface area is 205 Å². The number of methoxy groups -OCH3 is 1.